The molecule has 2 amide bonds. The van der Waals surface area contributed by atoms with Gasteiger partial charge in [0, 0.05) is 36.1 Å². The Morgan fingerprint density at radius 3 is 2.58 bits per heavy atom. The maximum Gasteiger partial charge on any atom is 0.225 e. The topological polar surface area (TPSA) is 76.7 Å². The molecule has 1 unspecified atom stereocenters. The number of carbonyl (C=O) groups is 2. The summed E-state index contributed by atoms with van der Waals surface area (Å²) in [7, 11) is 3.15. The molecule has 0 radical (unpaired) electrons. The largest absolute Gasteiger partial charge is 0.496 e. The molecule has 0 fully saturated rings. The van der Waals surface area contributed by atoms with Crippen LogP contribution in [-0.2, 0) is 9.59 Å². The van der Waals surface area contributed by atoms with E-state index < -0.39 is 0 Å². The van der Waals surface area contributed by atoms with Gasteiger partial charge in [-0.25, -0.2) is 0 Å². The van der Waals surface area contributed by atoms with Crippen LogP contribution >= 0.6 is 0 Å². The number of benzene rings is 2. The van der Waals surface area contributed by atoms with Gasteiger partial charge in [0.05, 0.1) is 19.9 Å². The van der Waals surface area contributed by atoms with E-state index in [-0.39, 0.29) is 17.7 Å². The predicted octanol–water partition coefficient (Wildman–Crippen LogP) is 3.53. The summed E-state index contributed by atoms with van der Waals surface area (Å²) < 4.78 is 10.9. The molecule has 2 N–H and O–H groups in total. The van der Waals surface area contributed by atoms with Crippen LogP contribution in [0.4, 0.5) is 11.4 Å². The summed E-state index contributed by atoms with van der Waals surface area (Å²) in [5.74, 6) is 0.899. The summed E-state index contributed by atoms with van der Waals surface area (Å²) in [6.45, 7) is 1.79. The highest BCUT2D eigenvalue weighted by Gasteiger charge is 2.30. The molecular formula is C20H22N2O4. The molecule has 1 atom stereocenters. The van der Waals surface area contributed by atoms with Gasteiger partial charge in [-0.1, -0.05) is 25.1 Å². The third-order valence-corrected chi connectivity index (χ3v) is 4.52. The van der Waals surface area contributed by atoms with E-state index in [1.807, 2.05) is 30.3 Å². The Hall–Kier alpha value is -3.02. The first-order valence-electron chi connectivity index (χ1n) is 8.51. The van der Waals surface area contributed by atoms with Gasteiger partial charge < -0.3 is 20.1 Å². The molecule has 3 rings (SSSR count). The fourth-order valence-corrected chi connectivity index (χ4v) is 3.23. The molecule has 136 valence electrons. The lowest BCUT2D eigenvalue weighted by Gasteiger charge is -2.28. The molecule has 6 nitrogen and oxygen atoms in total. The summed E-state index contributed by atoms with van der Waals surface area (Å²) >= 11 is 0. The second-order valence-corrected chi connectivity index (χ2v) is 6.09. The number of hydrogen-bond donors (Lipinski definition) is 2. The van der Waals surface area contributed by atoms with Crippen LogP contribution in [0.5, 0.6) is 11.5 Å². The van der Waals surface area contributed by atoms with Crippen molar-refractivity contribution >= 4 is 23.2 Å². The lowest BCUT2D eigenvalue weighted by molar-refractivity contribution is -0.117. The molecule has 0 spiro atoms. The van der Waals surface area contributed by atoms with Gasteiger partial charge in [0.1, 0.15) is 11.5 Å². The maximum absolute atomic E-state index is 12.3. The standard InChI is InChI=1S/C20H22N2O4/c1-4-19(23)22-16-9-14-13(12-7-5-6-8-17(12)25-2)10-20(24)21-15(14)11-18(16)26-3/h5-9,11,13H,4,10H2,1-3H3,(H,21,24)(H,22,23). The number of nitrogens with one attached hydrogen (secondary N) is 2. The van der Waals surface area contributed by atoms with Crippen molar-refractivity contribution in [2.75, 3.05) is 24.9 Å². The smallest absolute Gasteiger partial charge is 0.225 e. The molecule has 6 heteroatoms. The molecule has 1 heterocycles. The van der Waals surface area contributed by atoms with Gasteiger partial charge in [-0.3, -0.25) is 9.59 Å². The number of amides is 2. The minimum absolute atomic E-state index is 0.0687. The second kappa shape index (κ2) is 7.47. The van der Waals surface area contributed by atoms with E-state index in [0.717, 1.165) is 16.9 Å². The van der Waals surface area contributed by atoms with Crippen molar-refractivity contribution in [3.05, 3.63) is 47.5 Å². The molecule has 26 heavy (non-hydrogen) atoms. The number of anilines is 2. The van der Waals surface area contributed by atoms with Crippen molar-refractivity contribution in [3.8, 4) is 11.5 Å². The van der Waals surface area contributed by atoms with Gasteiger partial charge in [0.15, 0.2) is 0 Å². The first kappa shape index (κ1) is 17.8. The minimum atomic E-state index is -0.168. The summed E-state index contributed by atoms with van der Waals surface area (Å²) in [5, 5.41) is 5.76. The normalized spacial score (nSPS) is 15.7. The molecule has 1 aliphatic heterocycles. The molecule has 0 aromatic heterocycles. The van der Waals surface area contributed by atoms with Gasteiger partial charge in [0.25, 0.3) is 0 Å². The summed E-state index contributed by atoms with van der Waals surface area (Å²) in [6, 6.07) is 11.3. The summed E-state index contributed by atoms with van der Waals surface area (Å²) in [5.41, 5.74) is 3.13. The Kier molecular flexibility index (Phi) is 5.11. The molecule has 1 aliphatic rings. The van der Waals surface area contributed by atoms with Crippen molar-refractivity contribution in [3.63, 3.8) is 0 Å². The van der Waals surface area contributed by atoms with Crippen molar-refractivity contribution in [1.29, 1.82) is 0 Å². The SMILES string of the molecule is CCC(=O)Nc1cc2c(cc1OC)NC(=O)CC2c1ccccc1OC. The Bertz CT molecular complexity index is 848. The summed E-state index contributed by atoms with van der Waals surface area (Å²) in [6.07, 6.45) is 0.674. The van der Waals surface area contributed by atoms with Crippen LogP contribution in [0.1, 0.15) is 36.8 Å². The van der Waals surface area contributed by atoms with Gasteiger partial charge >= 0.3 is 0 Å². The number of fused-ring (bicyclic) bond motifs is 1. The summed E-state index contributed by atoms with van der Waals surface area (Å²) in [4.78, 5) is 24.1. The molecule has 2 aromatic carbocycles. The first-order chi connectivity index (χ1) is 12.6. The Balaban J connectivity index is 2.13. The van der Waals surface area contributed by atoms with Crippen LogP contribution in [0.2, 0.25) is 0 Å². The molecular weight excluding hydrogens is 332 g/mol. The van der Waals surface area contributed by atoms with E-state index in [9.17, 15) is 9.59 Å². The van der Waals surface area contributed by atoms with Crippen LogP contribution in [0.25, 0.3) is 0 Å². The van der Waals surface area contributed by atoms with Crippen molar-refractivity contribution < 1.29 is 19.1 Å². The monoisotopic (exact) mass is 354 g/mol. The van der Waals surface area contributed by atoms with Crippen molar-refractivity contribution in [1.82, 2.24) is 0 Å². The lowest BCUT2D eigenvalue weighted by atomic mass is 9.84. The highest BCUT2D eigenvalue weighted by atomic mass is 16.5. The second-order valence-electron chi connectivity index (χ2n) is 6.09. The van der Waals surface area contributed by atoms with E-state index in [1.54, 1.807) is 20.1 Å². The van der Waals surface area contributed by atoms with Crippen LogP contribution in [0.3, 0.4) is 0 Å². The number of para-hydroxylation sites is 1. The van der Waals surface area contributed by atoms with Crippen LogP contribution in [-0.4, -0.2) is 26.0 Å². The zero-order valence-electron chi connectivity index (χ0n) is 15.1. The van der Waals surface area contributed by atoms with E-state index in [0.29, 0.717) is 30.0 Å². The molecule has 0 saturated carbocycles. The van der Waals surface area contributed by atoms with E-state index >= 15 is 0 Å². The number of ether oxygens (including phenoxy) is 2. The molecule has 0 bridgehead atoms. The molecule has 0 saturated heterocycles. The Morgan fingerprint density at radius 1 is 1.15 bits per heavy atom. The zero-order chi connectivity index (χ0) is 18.7. The number of hydrogen-bond acceptors (Lipinski definition) is 4. The third-order valence-electron chi connectivity index (χ3n) is 4.52. The van der Waals surface area contributed by atoms with Crippen LogP contribution in [0.15, 0.2) is 36.4 Å². The average molecular weight is 354 g/mol. The van der Waals surface area contributed by atoms with Crippen LogP contribution in [0, 0.1) is 0 Å². The van der Waals surface area contributed by atoms with Crippen molar-refractivity contribution in [2.45, 2.75) is 25.7 Å². The van der Waals surface area contributed by atoms with E-state index in [2.05, 4.69) is 10.6 Å². The average Bonchev–Trinajstić information content (AvgIpc) is 2.66. The van der Waals surface area contributed by atoms with Gasteiger partial charge in [-0.05, 0) is 17.7 Å². The third kappa shape index (κ3) is 3.35. The Labute approximate surface area is 152 Å². The Morgan fingerprint density at radius 2 is 1.88 bits per heavy atom. The zero-order valence-corrected chi connectivity index (χ0v) is 15.1. The highest BCUT2D eigenvalue weighted by molar-refractivity contribution is 5.98. The highest BCUT2D eigenvalue weighted by Crippen LogP contribution is 2.44. The van der Waals surface area contributed by atoms with Crippen LogP contribution < -0.4 is 20.1 Å². The quantitative estimate of drug-likeness (QED) is 0.861. The number of rotatable bonds is 5. The van der Waals surface area contributed by atoms with Gasteiger partial charge in [-0.2, -0.15) is 0 Å². The maximum atomic E-state index is 12.3. The predicted molar refractivity (Wildman–Crippen MR) is 100.0 cm³/mol. The molecule has 2 aromatic rings. The fraction of sp³-hybridized carbons (Fsp3) is 0.300. The van der Waals surface area contributed by atoms with Gasteiger partial charge in [-0.15, -0.1) is 0 Å². The number of carbonyl (C=O) groups excluding carboxylic acids is 2. The minimum Gasteiger partial charge on any atom is -0.496 e. The lowest BCUT2D eigenvalue weighted by Crippen LogP contribution is -2.24. The first-order valence-corrected chi connectivity index (χ1v) is 8.51. The number of methoxy groups -OCH3 is 2. The molecule has 0 aliphatic carbocycles. The van der Waals surface area contributed by atoms with Gasteiger partial charge in [0.2, 0.25) is 11.8 Å². The van der Waals surface area contributed by atoms with E-state index in [1.165, 1.54) is 7.11 Å². The van der Waals surface area contributed by atoms with Crippen molar-refractivity contribution in [2.24, 2.45) is 0 Å². The van der Waals surface area contributed by atoms with E-state index in [4.69, 9.17) is 9.47 Å². The fourth-order valence-electron chi connectivity index (χ4n) is 3.23.